The summed E-state index contributed by atoms with van der Waals surface area (Å²) in [6.07, 6.45) is 3.14. The van der Waals surface area contributed by atoms with E-state index in [9.17, 15) is 14.4 Å². The van der Waals surface area contributed by atoms with Gasteiger partial charge in [0.1, 0.15) is 11.2 Å². The molecule has 184 valence electrons. The Kier molecular flexibility index (Phi) is 6.02. The van der Waals surface area contributed by atoms with Crippen molar-refractivity contribution in [3.8, 4) is 11.9 Å². The number of hydrogen-bond donors (Lipinski definition) is 2. The zero-order chi connectivity index (χ0) is 25.4. The van der Waals surface area contributed by atoms with Gasteiger partial charge in [-0.1, -0.05) is 13.0 Å². The average Bonchev–Trinajstić information content (AvgIpc) is 3.15. The highest BCUT2D eigenvalue weighted by Crippen LogP contribution is 2.26. The van der Waals surface area contributed by atoms with Crippen LogP contribution in [-0.2, 0) is 24.9 Å². The maximum Gasteiger partial charge on any atom is 0.278 e. The van der Waals surface area contributed by atoms with Crippen LogP contribution >= 0.6 is 0 Å². The minimum absolute atomic E-state index is 0.0100. The molecule has 0 radical (unpaired) electrons. The normalized spacial score (nSPS) is 13.4. The third kappa shape index (κ3) is 4.12. The fourth-order valence-electron chi connectivity index (χ4n) is 4.46. The summed E-state index contributed by atoms with van der Waals surface area (Å²) >= 11 is 0. The summed E-state index contributed by atoms with van der Waals surface area (Å²) in [7, 11) is 0. The van der Waals surface area contributed by atoms with E-state index in [-0.39, 0.29) is 11.3 Å². The van der Waals surface area contributed by atoms with Crippen molar-refractivity contribution in [2.75, 3.05) is 11.9 Å². The van der Waals surface area contributed by atoms with Crippen LogP contribution in [-0.4, -0.2) is 30.9 Å². The SMILES string of the molecule is CCCn1c(=O)c2cnc(Nc3ccc4c(c3)CCNC4)nc2n1-c1ccc(F)c(C(C)(C)C#N)n1. The molecule has 0 saturated carbocycles. The largest absolute Gasteiger partial charge is 0.324 e. The zero-order valence-electron chi connectivity index (χ0n) is 20.5. The molecule has 0 aliphatic carbocycles. The number of pyridine rings is 1. The van der Waals surface area contributed by atoms with Gasteiger partial charge in [-0.2, -0.15) is 10.2 Å². The van der Waals surface area contributed by atoms with Gasteiger partial charge in [-0.25, -0.2) is 23.7 Å². The molecule has 1 aromatic carbocycles. The fraction of sp³-hybridized carbons (Fsp3) is 0.346. The van der Waals surface area contributed by atoms with Gasteiger partial charge in [-0.3, -0.25) is 4.79 Å². The molecular formula is C26H27FN8O. The van der Waals surface area contributed by atoms with Gasteiger partial charge in [-0.05, 0) is 68.6 Å². The Morgan fingerprint density at radius 3 is 2.83 bits per heavy atom. The summed E-state index contributed by atoms with van der Waals surface area (Å²) in [4.78, 5) is 26.8. The lowest BCUT2D eigenvalue weighted by Crippen LogP contribution is -2.24. The van der Waals surface area contributed by atoms with E-state index in [0.29, 0.717) is 35.8 Å². The molecular weight excluding hydrogens is 459 g/mol. The molecule has 3 aromatic heterocycles. The van der Waals surface area contributed by atoms with Crippen LogP contribution in [0.2, 0.25) is 0 Å². The summed E-state index contributed by atoms with van der Waals surface area (Å²) in [5, 5.41) is 16.5. The second-order valence-electron chi connectivity index (χ2n) is 9.44. The second-order valence-corrected chi connectivity index (χ2v) is 9.44. The van der Waals surface area contributed by atoms with Crippen molar-refractivity contribution in [2.45, 2.75) is 52.1 Å². The molecule has 5 rings (SSSR count). The molecule has 0 atom stereocenters. The van der Waals surface area contributed by atoms with E-state index in [1.807, 2.05) is 13.0 Å². The van der Waals surface area contributed by atoms with E-state index in [1.165, 1.54) is 34.1 Å². The number of nitriles is 1. The molecule has 1 aliphatic rings. The Labute approximate surface area is 207 Å². The number of fused-ring (bicyclic) bond motifs is 2. The van der Waals surface area contributed by atoms with Crippen LogP contribution in [0.3, 0.4) is 0 Å². The number of nitrogens with one attached hydrogen (secondary N) is 2. The van der Waals surface area contributed by atoms with Crippen LogP contribution in [0, 0.1) is 17.1 Å². The van der Waals surface area contributed by atoms with Crippen LogP contribution in [0.4, 0.5) is 16.0 Å². The number of nitrogens with zero attached hydrogens (tertiary/aromatic N) is 6. The van der Waals surface area contributed by atoms with Crippen LogP contribution < -0.4 is 16.2 Å². The van der Waals surface area contributed by atoms with E-state index in [1.54, 1.807) is 18.5 Å². The highest BCUT2D eigenvalue weighted by Gasteiger charge is 2.27. The maximum atomic E-state index is 14.6. The summed E-state index contributed by atoms with van der Waals surface area (Å²) in [5.41, 5.74) is 2.36. The first-order valence-electron chi connectivity index (χ1n) is 12.0. The number of hydrogen-bond acceptors (Lipinski definition) is 7. The number of halogens is 1. The molecule has 0 unspecified atom stereocenters. The third-order valence-electron chi connectivity index (χ3n) is 6.38. The first kappa shape index (κ1) is 23.6. The van der Waals surface area contributed by atoms with Crippen molar-refractivity contribution in [3.63, 3.8) is 0 Å². The Hall–Kier alpha value is -4.10. The smallest absolute Gasteiger partial charge is 0.278 e. The first-order chi connectivity index (χ1) is 17.3. The van der Waals surface area contributed by atoms with Crippen LogP contribution in [0.15, 0.2) is 41.3 Å². The van der Waals surface area contributed by atoms with Crippen LogP contribution in [0.5, 0.6) is 0 Å². The predicted octanol–water partition coefficient (Wildman–Crippen LogP) is 3.72. The van der Waals surface area contributed by atoms with Gasteiger partial charge < -0.3 is 10.6 Å². The number of rotatable bonds is 6. The number of benzene rings is 1. The quantitative estimate of drug-likeness (QED) is 0.427. The van der Waals surface area contributed by atoms with Crippen molar-refractivity contribution in [1.29, 1.82) is 5.26 Å². The minimum Gasteiger partial charge on any atom is -0.324 e. The molecule has 36 heavy (non-hydrogen) atoms. The molecule has 4 aromatic rings. The molecule has 0 fully saturated rings. The number of anilines is 2. The predicted molar refractivity (Wildman–Crippen MR) is 135 cm³/mol. The van der Waals surface area contributed by atoms with Gasteiger partial charge in [-0.15, -0.1) is 0 Å². The lowest BCUT2D eigenvalue weighted by Gasteiger charge is -2.18. The molecule has 9 nitrogen and oxygen atoms in total. The lowest BCUT2D eigenvalue weighted by atomic mass is 9.90. The third-order valence-corrected chi connectivity index (χ3v) is 6.38. The van der Waals surface area contributed by atoms with E-state index in [0.717, 1.165) is 25.2 Å². The van der Waals surface area contributed by atoms with Crippen molar-refractivity contribution in [2.24, 2.45) is 0 Å². The summed E-state index contributed by atoms with van der Waals surface area (Å²) < 4.78 is 17.7. The molecule has 0 spiro atoms. The average molecular weight is 487 g/mol. The first-order valence-corrected chi connectivity index (χ1v) is 12.0. The lowest BCUT2D eigenvalue weighted by molar-refractivity contribution is 0.514. The Morgan fingerprint density at radius 1 is 1.22 bits per heavy atom. The number of aromatic nitrogens is 5. The topological polar surface area (TPSA) is 113 Å². The molecule has 10 heteroatoms. The maximum absolute atomic E-state index is 14.6. The van der Waals surface area contributed by atoms with Gasteiger partial charge in [0.05, 0.1) is 17.2 Å². The van der Waals surface area contributed by atoms with Crippen molar-refractivity contribution < 1.29 is 4.39 Å². The zero-order valence-corrected chi connectivity index (χ0v) is 20.5. The molecule has 4 heterocycles. The van der Waals surface area contributed by atoms with Crippen molar-refractivity contribution in [3.05, 3.63) is 69.5 Å². The summed E-state index contributed by atoms with van der Waals surface area (Å²) in [6.45, 7) is 7.37. The van der Waals surface area contributed by atoms with Gasteiger partial charge in [0.2, 0.25) is 5.95 Å². The van der Waals surface area contributed by atoms with Gasteiger partial charge in [0.15, 0.2) is 11.5 Å². The van der Waals surface area contributed by atoms with Gasteiger partial charge >= 0.3 is 0 Å². The molecule has 1 aliphatic heterocycles. The highest BCUT2D eigenvalue weighted by atomic mass is 19.1. The van der Waals surface area contributed by atoms with Crippen molar-refractivity contribution >= 4 is 22.7 Å². The highest BCUT2D eigenvalue weighted by molar-refractivity contribution is 5.77. The monoisotopic (exact) mass is 486 g/mol. The molecule has 0 amide bonds. The Balaban J connectivity index is 1.64. The molecule has 0 saturated heterocycles. The minimum atomic E-state index is -1.15. The van der Waals surface area contributed by atoms with Crippen molar-refractivity contribution in [1.82, 2.24) is 29.6 Å². The second kappa shape index (κ2) is 9.17. The summed E-state index contributed by atoms with van der Waals surface area (Å²) in [6, 6.07) is 11.0. The van der Waals surface area contributed by atoms with Crippen LogP contribution in [0.1, 0.15) is 44.0 Å². The molecule has 0 bridgehead atoms. The standard InChI is InChI=1S/C26H27FN8O/c1-4-11-34-24(36)19-14-30-25(31-18-6-5-17-13-29-10-9-16(17)12-18)33-23(19)35(34)21-8-7-20(27)22(32-21)26(2,3)15-28/h5-8,12,14,29H,4,9-11,13H2,1-3H3,(H,30,31,33). The summed E-state index contributed by atoms with van der Waals surface area (Å²) in [5.74, 6) is 0.0606. The Morgan fingerprint density at radius 2 is 2.06 bits per heavy atom. The Bertz CT molecular complexity index is 1560. The van der Waals surface area contributed by atoms with E-state index in [4.69, 9.17) is 0 Å². The van der Waals surface area contributed by atoms with Crippen LogP contribution in [0.25, 0.3) is 16.9 Å². The van der Waals surface area contributed by atoms with E-state index >= 15 is 0 Å². The van der Waals surface area contributed by atoms with Gasteiger partial charge in [0.25, 0.3) is 5.56 Å². The van der Waals surface area contributed by atoms with Gasteiger partial charge in [0, 0.05) is 25.0 Å². The molecule has 2 N–H and O–H groups in total. The van der Waals surface area contributed by atoms with E-state index < -0.39 is 11.2 Å². The van der Waals surface area contributed by atoms with E-state index in [2.05, 4.69) is 43.8 Å². The fourth-order valence-corrected chi connectivity index (χ4v) is 4.46.